The van der Waals surface area contributed by atoms with Crippen LogP contribution in [-0.2, 0) is 5.41 Å². The molecule has 0 amide bonds. The minimum absolute atomic E-state index is 0.328. The number of allylic oxidation sites excluding steroid dienone is 10. The van der Waals surface area contributed by atoms with E-state index in [1.165, 1.54) is 77.9 Å². The van der Waals surface area contributed by atoms with E-state index in [4.69, 9.17) is 0 Å². The molecule has 0 aliphatic heterocycles. The van der Waals surface area contributed by atoms with Crippen molar-refractivity contribution in [3.05, 3.63) is 233 Å². The standard InChI is InChI=1S/C51H40/c1-36-26-29-48-47-24-14-15-25-49(47)51(50(48)30-36,46-34-43(39-20-10-4-11-21-39)31-44(35-46)40-22-12-5-13-23-40)45-32-41(37-16-6-2-7-17-37)27-28-42(33-45)38-18-8-3-9-19-38/h2-18,20-26,28-35,38H,19,27H2,1H3. The highest BCUT2D eigenvalue weighted by molar-refractivity contribution is 5.90. The van der Waals surface area contributed by atoms with E-state index < -0.39 is 5.41 Å². The maximum atomic E-state index is 2.55. The molecule has 3 aliphatic rings. The van der Waals surface area contributed by atoms with Crippen molar-refractivity contribution < 1.29 is 0 Å². The third-order valence-electron chi connectivity index (χ3n) is 11.0. The third-order valence-corrected chi connectivity index (χ3v) is 11.0. The zero-order chi connectivity index (χ0) is 34.2. The van der Waals surface area contributed by atoms with Gasteiger partial charge < -0.3 is 0 Å². The molecular formula is C51H40. The molecule has 3 aliphatic carbocycles. The maximum absolute atomic E-state index is 2.55. The lowest BCUT2D eigenvalue weighted by Gasteiger charge is -2.36. The van der Waals surface area contributed by atoms with Crippen LogP contribution < -0.4 is 0 Å². The third kappa shape index (κ3) is 5.49. The number of rotatable bonds is 6. The number of hydrogen-bond acceptors (Lipinski definition) is 0. The molecule has 0 aromatic heterocycles. The molecular weight excluding hydrogens is 613 g/mol. The fourth-order valence-corrected chi connectivity index (χ4v) is 8.53. The van der Waals surface area contributed by atoms with Crippen molar-refractivity contribution >= 4 is 5.57 Å². The van der Waals surface area contributed by atoms with Crippen LogP contribution in [0.25, 0.3) is 39.0 Å². The number of aryl methyl sites for hydroxylation is 1. The van der Waals surface area contributed by atoms with Crippen molar-refractivity contribution in [2.75, 3.05) is 0 Å². The van der Waals surface area contributed by atoms with Gasteiger partial charge in [0, 0.05) is 5.92 Å². The van der Waals surface area contributed by atoms with Crippen LogP contribution >= 0.6 is 0 Å². The summed E-state index contributed by atoms with van der Waals surface area (Å²) in [4.78, 5) is 0. The highest BCUT2D eigenvalue weighted by atomic mass is 14.5. The van der Waals surface area contributed by atoms with Crippen LogP contribution in [-0.4, -0.2) is 0 Å². The van der Waals surface area contributed by atoms with Gasteiger partial charge in [-0.1, -0.05) is 182 Å². The lowest BCUT2D eigenvalue weighted by Crippen LogP contribution is -2.30. The van der Waals surface area contributed by atoms with E-state index in [0.29, 0.717) is 5.92 Å². The van der Waals surface area contributed by atoms with Crippen LogP contribution in [0.3, 0.4) is 0 Å². The first kappa shape index (κ1) is 31.0. The van der Waals surface area contributed by atoms with E-state index in [2.05, 4.69) is 201 Å². The molecule has 2 unspecified atom stereocenters. The molecule has 0 bridgehead atoms. The second-order valence-corrected chi connectivity index (χ2v) is 14.1. The number of hydrogen-bond donors (Lipinski definition) is 0. The van der Waals surface area contributed by atoms with Gasteiger partial charge in [-0.05, 0) is 110 Å². The van der Waals surface area contributed by atoms with Gasteiger partial charge in [0.1, 0.15) is 0 Å². The van der Waals surface area contributed by atoms with E-state index >= 15 is 0 Å². The van der Waals surface area contributed by atoms with E-state index in [1.807, 2.05) is 0 Å². The Kier molecular flexibility index (Phi) is 7.94. The van der Waals surface area contributed by atoms with Gasteiger partial charge in [-0.15, -0.1) is 0 Å². The van der Waals surface area contributed by atoms with Gasteiger partial charge in [-0.3, -0.25) is 0 Å². The van der Waals surface area contributed by atoms with Crippen LogP contribution in [0.2, 0.25) is 0 Å². The molecule has 9 rings (SSSR count). The first-order chi connectivity index (χ1) is 25.2. The quantitative estimate of drug-likeness (QED) is 0.168. The van der Waals surface area contributed by atoms with Crippen molar-refractivity contribution in [1.82, 2.24) is 0 Å². The van der Waals surface area contributed by atoms with Gasteiger partial charge >= 0.3 is 0 Å². The van der Waals surface area contributed by atoms with Crippen molar-refractivity contribution in [2.24, 2.45) is 5.92 Å². The molecule has 2 atom stereocenters. The van der Waals surface area contributed by atoms with Crippen molar-refractivity contribution in [2.45, 2.75) is 25.2 Å². The molecule has 6 aromatic rings. The van der Waals surface area contributed by atoms with Crippen molar-refractivity contribution in [1.29, 1.82) is 0 Å². The Morgan fingerprint density at radius 3 is 1.82 bits per heavy atom. The monoisotopic (exact) mass is 652 g/mol. The topological polar surface area (TPSA) is 0 Å². The van der Waals surface area contributed by atoms with E-state index in [9.17, 15) is 0 Å². The van der Waals surface area contributed by atoms with Gasteiger partial charge in [-0.2, -0.15) is 0 Å². The average molecular weight is 653 g/mol. The average Bonchev–Trinajstić information content (AvgIpc) is 3.31. The molecule has 0 N–H and O–H groups in total. The van der Waals surface area contributed by atoms with E-state index in [-0.39, 0.29) is 0 Å². The van der Waals surface area contributed by atoms with Crippen LogP contribution in [0, 0.1) is 12.8 Å². The van der Waals surface area contributed by atoms with E-state index in [1.54, 1.807) is 0 Å². The van der Waals surface area contributed by atoms with Crippen LogP contribution in [0.15, 0.2) is 205 Å². The first-order valence-electron chi connectivity index (χ1n) is 18.2. The normalized spacial score (nSPS) is 19.0. The summed E-state index contributed by atoms with van der Waals surface area (Å²) in [5.41, 5.74) is 17.5. The van der Waals surface area contributed by atoms with Crippen LogP contribution in [0.1, 0.15) is 40.7 Å². The second-order valence-electron chi connectivity index (χ2n) is 14.1. The highest BCUT2D eigenvalue weighted by Crippen LogP contribution is 2.58. The predicted octanol–water partition coefficient (Wildman–Crippen LogP) is 13.1. The van der Waals surface area contributed by atoms with Crippen molar-refractivity contribution in [3.8, 4) is 33.4 Å². The van der Waals surface area contributed by atoms with Gasteiger partial charge in [-0.25, -0.2) is 0 Å². The first-order valence-corrected chi connectivity index (χ1v) is 18.2. The molecule has 51 heavy (non-hydrogen) atoms. The predicted molar refractivity (Wildman–Crippen MR) is 215 cm³/mol. The molecule has 0 nitrogen and oxygen atoms in total. The fraction of sp³-hybridized carbons (Fsp3) is 0.0980. The lowest BCUT2D eigenvalue weighted by atomic mass is 9.65. The highest BCUT2D eigenvalue weighted by Gasteiger charge is 2.47. The SMILES string of the molecule is Cc1ccc2c(c1)C(C1=CC(C3C=CC=CC3)=CCC(c3ccccc3)=C1)(c1cc(-c3ccccc3)cc(-c3ccccc3)c1)c1ccccc1-2. The summed E-state index contributed by atoms with van der Waals surface area (Å²) >= 11 is 0. The fourth-order valence-electron chi connectivity index (χ4n) is 8.53. The smallest absolute Gasteiger partial charge is 0.0714 e. The Morgan fingerprint density at radius 1 is 0.529 bits per heavy atom. The number of fused-ring (bicyclic) bond motifs is 3. The van der Waals surface area contributed by atoms with Crippen LogP contribution in [0.4, 0.5) is 0 Å². The molecule has 0 heterocycles. The summed E-state index contributed by atoms with van der Waals surface area (Å²) in [6.07, 6.45) is 18.5. The summed E-state index contributed by atoms with van der Waals surface area (Å²) < 4.78 is 0. The molecule has 0 fully saturated rings. The second kappa shape index (κ2) is 13.0. The molecule has 0 saturated heterocycles. The Hall–Kier alpha value is -5.98. The number of benzene rings is 6. The van der Waals surface area contributed by atoms with Gasteiger partial charge in [0.25, 0.3) is 0 Å². The van der Waals surface area contributed by atoms with E-state index in [0.717, 1.165) is 12.8 Å². The van der Waals surface area contributed by atoms with Gasteiger partial charge in [0.05, 0.1) is 5.41 Å². The summed E-state index contributed by atoms with van der Waals surface area (Å²) in [7, 11) is 0. The minimum Gasteiger partial charge on any atom is -0.0836 e. The Morgan fingerprint density at radius 2 is 1.16 bits per heavy atom. The van der Waals surface area contributed by atoms with Crippen LogP contribution in [0.5, 0.6) is 0 Å². The van der Waals surface area contributed by atoms with Gasteiger partial charge in [0.15, 0.2) is 0 Å². The van der Waals surface area contributed by atoms with Gasteiger partial charge in [0.2, 0.25) is 0 Å². The summed E-state index contributed by atoms with van der Waals surface area (Å²) in [5, 5.41) is 0. The maximum Gasteiger partial charge on any atom is 0.0714 e. The Bertz CT molecular complexity index is 2340. The zero-order valence-electron chi connectivity index (χ0n) is 29.0. The molecule has 244 valence electrons. The summed E-state index contributed by atoms with van der Waals surface area (Å²) in [6.45, 7) is 2.24. The lowest BCUT2D eigenvalue weighted by molar-refractivity contribution is 0.750. The summed E-state index contributed by atoms with van der Waals surface area (Å²) in [6, 6.07) is 56.3. The summed E-state index contributed by atoms with van der Waals surface area (Å²) in [5.74, 6) is 0.328. The largest absolute Gasteiger partial charge is 0.0836 e. The molecule has 0 saturated carbocycles. The molecule has 0 radical (unpaired) electrons. The Balaban J connectivity index is 1.41. The molecule has 0 heteroatoms. The molecule has 0 spiro atoms. The Labute approximate surface area is 302 Å². The van der Waals surface area contributed by atoms with Crippen molar-refractivity contribution in [3.63, 3.8) is 0 Å². The minimum atomic E-state index is -0.566. The molecule has 6 aromatic carbocycles. The zero-order valence-corrected chi connectivity index (χ0v) is 29.0.